The molecule has 0 atom stereocenters. The minimum absolute atomic E-state index is 0.867. The topological polar surface area (TPSA) is 37.8 Å². The van der Waals surface area contributed by atoms with Gasteiger partial charge in [-0.25, -0.2) is 9.97 Å². The summed E-state index contributed by atoms with van der Waals surface area (Å²) in [6.45, 7) is 3.13. The Morgan fingerprint density at radius 3 is 2.83 bits per heavy atom. The molecule has 1 N–H and O–H groups in total. The molecule has 3 nitrogen and oxygen atoms in total. The lowest BCUT2D eigenvalue weighted by Crippen LogP contribution is -2.06. The number of thioether (sulfide) groups is 1. The Kier molecular flexibility index (Phi) is 8.42. The predicted octanol–water partition coefficient (Wildman–Crippen LogP) is 4.14. The van der Waals surface area contributed by atoms with Crippen molar-refractivity contribution in [3.63, 3.8) is 0 Å². The molecule has 0 aromatic carbocycles. The Labute approximate surface area is 123 Å². The minimum Gasteiger partial charge on any atom is -0.370 e. The maximum absolute atomic E-state index is 4.50. The first-order valence-corrected chi connectivity index (χ1v) is 8.71. The molecule has 1 heterocycles. The van der Waals surface area contributed by atoms with Crippen LogP contribution in [0.2, 0.25) is 0 Å². The van der Waals surface area contributed by atoms with Crippen molar-refractivity contribution in [1.82, 2.24) is 9.97 Å². The molecule has 0 fully saturated rings. The van der Waals surface area contributed by atoms with Gasteiger partial charge in [0.05, 0.1) is 0 Å². The molecule has 0 bridgehead atoms. The van der Waals surface area contributed by atoms with Crippen LogP contribution in [0.25, 0.3) is 0 Å². The number of nitrogens with one attached hydrogen (secondary N) is 1. The lowest BCUT2D eigenvalue weighted by atomic mass is 10.2. The van der Waals surface area contributed by atoms with E-state index in [9.17, 15) is 0 Å². The van der Waals surface area contributed by atoms with Gasteiger partial charge < -0.3 is 5.32 Å². The average molecular weight is 332 g/mol. The van der Waals surface area contributed by atoms with Crippen molar-refractivity contribution in [2.45, 2.75) is 39.0 Å². The molecular formula is C13H22BrN3S. The molecule has 1 aromatic rings. The van der Waals surface area contributed by atoms with Crippen LogP contribution in [0, 0.1) is 0 Å². The van der Waals surface area contributed by atoms with E-state index in [-0.39, 0.29) is 0 Å². The van der Waals surface area contributed by atoms with Crippen LogP contribution < -0.4 is 5.32 Å². The number of rotatable bonds is 9. The van der Waals surface area contributed by atoms with Crippen molar-refractivity contribution < 1.29 is 0 Å². The molecule has 0 radical (unpaired) electrons. The van der Waals surface area contributed by atoms with Crippen LogP contribution in [0.5, 0.6) is 0 Å². The van der Waals surface area contributed by atoms with Gasteiger partial charge in [0.25, 0.3) is 0 Å². The lowest BCUT2D eigenvalue weighted by molar-refractivity contribution is 0.746. The van der Waals surface area contributed by atoms with Crippen molar-refractivity contribution in [2.24, 2.45) is 0 Å². The molecule has 0 aliphatic rings. The van der Waals surface area contributed by atoms with Gasteiger partial charge in [0, 0.05) is 19.0 Å². The number of halogens is 1. The van der Waals surface area contributed by atoms with Crippen molar-refractivity contribution >= 4 is 33.5 Å². The van der Waals surface area contributed by atoms with Crippen LogP contribution in [-0.2, 0) is 6.42 Å². The number of nitrogens with zero attached hydrogens (tertiary/aromatic N) is 2. The second-order valence-electron chi connectivity index (χ2n) is 4.22. The highest BCUT2D eigenvalue weighted by atomic mass is 79.9. The van der Waals surface area contributed by atoms with Gasteiger partial charge in [-0.15, -0.1) is 0 Å². The number of aryl methyl sites for hydroxylation is 1. The highest BCUT2D eigenvalue weighted by Crippen LogP contribution is 2.13. The monoisotopic (exact) mass is 331 g/mol. The third kappa shape index (κ3) is 6.59. The summed E-state index contributed by atoms with van der Waals surface area (Å²) in [6.07, 6.45) is 7.95. The predicted molar refractivity (Wildman–Crippen MR) is 84.4 cm³/mol. The smallest absolute Gasteiger partial charge is 0.132 e. The number of hydrogen-bond acceptors (Lipinski definition) is 4. The summed E-state index contributed by atoms with van der Waals surface area (Å²) < 4.78 is 0.867. The molecule has 1 rings (SSSR count). The molecule has 0 saturated carbocycles. The number of hydrogen-bond donors (Lipinski definition) is 1. The van der Waals surface area contributed by atoms with E-state index in [2.05, 4.69) is 44.4 Å². The zero-order valence-corrected chi connectivity index (χ0v) is 13.6. The highest BCUT2D eigenvalue weighted by Gasteiger charge is 2.01. The molecule has 0 spiro atoms. The van der Waals surface area contributed by atoms with Crippen LogP contribution in [0.1, 0.15) is 38.4 Å². The molecule has 0 saturated heterocycles. The first-order chi connectivity index (χ1) is 8.76. The van der Waals surface area contributed by atoms with Gasteiger partial charge in [0.1, 0.15) is 16.2 Å². The van der Waals surface area contributed by atoms with E-state index < -0.39 is 0 Å². The summed E-state index contributed by atoms with van der Waals surface area (Å²) >= 11 is 5.35. The number of anilines is 1. The van der Waals surface area contributed by atoms with Gasteiger partial charge in [0.2, 0.25) is 0 Å². The zero-order chi connectivity index (χ0) is 13.2. The van der Waals surface area contributed by atoms with Crippen molar-refractivity contribution in [1.29, 1.82) is 0 Å². The van der Waals surface area contributed by atoms with E-state index in [0.717, 1.165) is 35.6 Å². The fourth-order valence-electron chi connectivity index (χ4n) is 1.66. The Morgan fingerprint density at radius 1 is 1.28 bits per heavy atom. The summed E-state index contributed by atoms with van der Waals surface area (Å²) in [7, 11) is 0. The summed E-state index contributed by atoms with van der Waals surface area (Å²) in [4.78, 5) is 8.86. The van der Waals surface area contributed by atoms with Gasteiger partial charge in [-0.2, -0.15) is 11.8 Å². The summed E-state index contributed by atoms with van der Waals surface area (Å²) in [5.74, 6) is 3.11. The molecule has 5 heteroatoms. The Bertz CT molecular complexity index is 347. The van der Waals surface area contributed by atoms with Gasteiger partial charge in [-0.1, -0.05) is 13.3 Å². The lowest BCUT2D eigenvalue weighted by Gasteiger charge is -2.07. The van der Waals surface area contributed by atoms with Crippen LogP contribution in [0.4, 0.5) is 5.82 Å². The van der Waals surface area contributed by atoms with Gasteiger partial charge in [0.15, 0.2) is 0 Å². The molecule has 18 heavy (non-hydrogen) atoms. The van der Waals surface area contributed by atoms with Crippen LogP contribution in [-0.4, -0.2) is 28.5 Å². The first-order valence-electron chi connectivity index (χ1n) is 6.52. The molecule has 0 aliphatic heterocycles. The van der Waals surface area contributed by atoms with Gasteiger partial charge >= 0.3 is 0 Å². The average Bonchev–Trinajstić information content (AvgIpc) is 2.33. The van der Waals surface area contributed by atoms with E-state index in [1.807, 2.05) is 17.8 Å². The van der Waals surface area contributed by atoms with Crippen LogP contribution >= 0.6 is 27.7 Å². The standard InChI is InChI=1S/C13H22BrN3S/c1-3-7-12-16-11(14)10-13(17-12)15-8-5-4-6-9-18-2/h10H,3-9H2,1-2H3,(H,15,16,17). The van der Waals surface area contributed by atoms with E-state index in [0.29, 0.717) is 0 Å². The molecule has 1 aromatic heterocycles. The Morgan fingerprint density at radius 2 is 2.11 bits per heavy atom. The van der Waals surface area contributed by atoms with Gasteiger partial charge in [-0.3, -0.25) is 0 Å². The second-order valence-corrected chi connectivity index (χ2v) is 6.02. The SMILES string of the molecule is CCCc1nc(Br)cc(NCCCCCSC)n1. The second kappa shape index (κ2) is 9.62. The number of aromatic nitrogens is 2. The molecule has 0 amide bonds. The van der Waals surface area contributed by atoms with Crippen LogP contribution in [0.3, 0.4) is 0 Å². The largest absolute Gasteiger partial charge is 0.370 e. The maximum atomic E-state index is 4.50. The van der Waals surface area contributed by atoms with E-state index >= 15 is 0 Å². The quantitative estimate of drug-likeness (QED) is 0.545. The third-order valence-corrected chi connectivity index (χ3v) is 3.65. The molecule has 102 valence electrons. The van der Waals surface area contributed by atoms with Crippen molar-refractivity contribution in [3.05, 3.63) is 16.5 Å². The summed E-state index contributed by atoms with van der Waals surface area (Å²) in [5.41, 5.74) is 0. The summed E-state index contributed by atoms with van der Waals surface area (Å²) in [6, 6.07) is 1.95. The maximum Gasteiger partial charge on any atom is 0.132 e. The van der Waals surface area contributed by atoms with E-state index in [1.165, 1.54) is 25.0 Å². The van der Waals surface area contributed by atoms with Crippen molar-refractivity contribution in [2.75, 3.05) is 23.9 Å². The normalized spacial score (nSPS) is 10.6. The number of unbranched alkanes of at least 4 members (excludes halogenated alkanes) is 2. The fourth-order valence-corrected chi connectivity index (χ4v) is 2.57. The zero-order valence-electron chi connectivity index (χ0n) is 11.2. The Hall–Kier alpha value is -0.290. The highest BCUT2D eigenvalue weighted by molar-refractivity contribution is 9.10. The van der Waals surface area contributed by atoms with E-state index in [1.54, 1.807) is 0 Å². The van der Waals surface area contributed by atoms with E-state index in [4.69, 9.17) is 0 Å². The molecule has 0 unspecified atom stereocenters. The summed E-state index contributed by atoms with van der Waals surface area (Å²) in [5, 5.41) is 3.37. The molecule has 0 aliphatic carbocycles. The Balaban J connectivity index is 2.32. The van der Waals surface area contributed by atoms with Crippen LogP contribution in [0.15, 0.2) is 10.7 Å². The molecular weight excluding hydrogens is 310 g/mol. The first kappa shape index (κ1) is 15.8. The van der Waals surface area contributed by atoms with Crippen molar-refractivity contribution in [3.8, 4) is 0 Å². The fraction of sp³-hybridized carbons (Fsp3) is 0.692. The third-order valence-electron chi connectivity index (χ3n) is 2.55. The van der Waals surface area contributed by atoms with Gasteiger partial charge in [-0.05, 0) is 47.2 Å². The minimum atomic E-state index is 0.867.